The number of likely N-dealkylation sites (tertiary alicyclic amines) is 1. The van der Waals surface area contributed by atoms with E-state index in [9.17, 15) is 9.59 Å². The number of nitrogens with zero attached hydrogens (tertiary/aromatic N) is 2. The molecule has 0 saturated carbocycles. The fourth-order valence-electron chi connectivity index (χ4n) is 2.33. The molecule has 18 heavy (non-hydrogen) atoms. The number of ether oxygens (including phenoxy) is 1. The lowest BCUT2D eigenvalue weighted by molar-refractivity contribution is -0.144. The third-order valence-corrected chi connectivity index (χ3v) is 3.35. The molecule has 1 aliphatic heterocycles. The van der Waals surface area contributed by atoms with Gasteiger partial charge in [0, 0.05) is 18.8 Å². The highest BCUT2D eigenvalue weighted by Crippen LogP contribution is 2.21. The number of aromatic nitrogens is 2. The maximum absolute atomic E-state index is 12.3. The average molecular weight is 251 g/mol. The fourth-order valence-corrected chi connectivity index (χ4v) is 2.33. The van der Waals surface area contributed by atoms with Crippen molar-refractivity contribution in [3.05, 3.63) is 17.0 Å². The smallest absolute Gasteiger partial charge is 0.310 e. The lowest BCUT2D eigenvalue weighted by Crippen LogP contribution is -2.30. The van der Waals surface area contributed by atoms with Crippen molar-refractivity contribution >= 4 is 11.9 Å². The maximum atomic E-state index is 12.3. The number of methoxy groups -OCH3 is 1. The maximum Gasteiger partial charge on any atom is 0.310 e. The Balaban J connectivity index is 2.11. The van der Waals surface area contributed by atoms with Crippen LogP contribution in [0.4, 0.5) is 0 Å². The Morgan fingerprint density at radius 1 is 1.44 bits per heavy atom. The molecule has 2 rings (SSSR count). The van der Waals surface area contributed by atoms with E-state index in [0.29, 0.717) is 30.8 Å². The second-order valence-electron chi connectivity index (χ2n) is 4.57. The van der Waals surface area contributed by atoms with Gasteiger partial charge in [0.05, 0.1) is 24.3 Å². The highest BCUT2D eigenvalue weighted by Gasteiger charge is 2.33. The van der Waals surface area contributed by atoms with Gasteiger partial charge >= 0.3 is 5.97 Å². The molecule has 0 aromatic carbocycles. The molecule has 1 fully saturated rings. The van der Waals surface area contributed by atoms with E-state index in [-0.39, 0.29) is 17.8 Å². The van der Waals surface area contributed by atoms with Crippen LogP contribution < -0.4 is 0 Å². The Kier molecular flexibility index (Phi) is 3.36. The number of carbonyl (C=O) groups excluding carboxylic acids is 2. The monoisotopic (exact) mass is 251 g/mol. The molecule has 0 aliphatic carbocycles. The molecular weight excluding hydrogens is 234 g/mol. The average Bonchev–Trinajstić information content (AvgIpc) is 2.95. The molecule has 1 saturated heterocycles. The predicted octanol–water partition coefficient (Wildman–Crippen LogP) is 0.662. The van der Waals surface area contributed by atoms with E-state index in [1.54, 1.807) is 11.8 Å². The summed E-state index contributed by atoms with van der Waals surface area (Å²) in [6, 6.07) is 0. The number of H-pyrrole nitrogens is 1. The van der Waals surface area contributed by atoms with E-state index in [0.717, 1.165) is 5.69 Å². The van der Waals surface area contributed by atoms with Crippen molar-refractivity contribution in [3.8, 4) is 0 Å². The van der Waals surface area contributed by atoms with E-state index in [1.807, 2.05) is 6.92 Å². The summed E-state index contributed by atoms with van der Waals surface area (Å²) in [5.74, 6) is -0.512. The van der Waals surface area contributed by atoms with Gasteiger partial charge in [-0.25, -0.2) is 0 Å². The van der Waals surface area contributed by atoms with Crippen LogP contribution in [0.1, 0.15) is 28.2 Å². The second kappa shape index (κ2) is 4.80. The highest BCUT2D eigenvalue weighted by atomic mass is 16.5. The van der Waals surface area contributed by atoms with Crippen LogP contribution in [0.15, 0.2) is 0 Å². The minimum atomic E-state index is -0.245. The van der Waals surface area contributed by atoms with Gasteiger partial charge in [0.15, 0.2) is 0 Å². The molecule has 1 amide bonds. The first-order valence-electron chi connectivity index (χ1n) is 5.93. The number of nitrogens with one attached hydrogen (secondary N) is 1. The number of carbonyl (C=O) groups is 2. The number of hydrogen-bond donors (Lipinski definition) is 1. The first-order valence-corrected chi connectivity index (χ1v) is 5.93. The Morgan fingerprint density at radius 3 is 2.72 bits per heavy atom. The van der Waals surface area contributed by atoms with Crippen LogP contribution in [0.3, 0.4) is 0 Å². The van der Waals surface area contributed by atoms with Gasteiger partial charge in [-0.1, -0.05) is 0 Å². The summed E-state index contributed by atoms with van der Waals surface area (Å²) < 4.78 is 4.70. The molecule has 1 aromatic rings. The molecule has 0 spiro atoms. The van der Waals surface area contributed by atoms with Crippen LogP contribution in [0, 0.1) is 19.8 Å². The molecule has 98 valence electrons. The standard InChI is InChI=1S/C12H17N3O3/c1-7-10(8(2)14-13-7)11(16)15-5-4-9(6-15)12(17)18-3/h9H,4-6H2,1-3H3,(H,13,14). The Labute approximate surface area is 105 Å². The quantitative estimate of drug-likeness (QED) is 0.783. The summed E-state index contributed by atoms with van der Waals surface area (Å²) in [4.78, 5) is 25.4. The van der Waals surface area contributed by atoms with Gasteiger partial charge in [-0.3, -0.25) is 14.7 Å². The number of amides is 1. The van der Waals surface area contributed by atoms with Crippen molar-refractivity contribution in [2.75, 3.05) is 20.2 Å². The number of aromatic amines is 1. The van der Waals surface area contributed by atoms with Gasteiger partial charge in [0.25, 0.3) is 5.91 Å². The molecule has 1 atom stereocenters. The van der Waals surface area contributed by atoms with Crippen molar-refractivity contribution in [1.82, 2.24) is 15.1 Å². The topological polar surface area (TPSA) is 75.3 Å². The van der Waals surface area contributed by atoms with Crippen molar-refractivity contribution in [2.45, 2.75) is 20.3 Å². The van der Waals surface area contributed by atoms with Crippen molar-refractivity contribution in [3.63, 3.8) is 0 Å². The predicted molar refractivity (Wildman–Crippen MR) is 64.1 cm³/mol. The van der Waals surface area contributed by atoms with Gasteiger partial charge < -0.3 is 9.64 Å². The molecule has 6 heteroatoms. The number of aryl methyl sites for hydroxylation is 2. The summed E-state index contributed by atoms with van der Waals surface area (Å²) in [5.41, 5.74) is 2.07. The number of hydrogen-bond acceptors (Lipinski definition) is 4. The summed E-state index contributed by atoms with van der Waals surface area (Å²) in [6.45, 7) is 4.63. The van der Waals surface area contributed by atoms with Crippen LogP contribution in [0.25, 0.3) is 0 Å². The van der Waals surface area contributed by atoms with Crippen molar-refractivity contribution in [2.24, 2.45) is 5.92 Å². The minimum absolute atomic E-state index is 0.0647. The summed E-state index contributed by atoms with van der Waals surface area (Å²) in [5, 5.41) is 6.81. The van der Waals surface area contributed by atoms with E-state index in [1.165, 1.54) is 7.11 Å². The lowest BCUT2D eigenvalue weighted by Gasteiger charge is -2.16. The molecule has 1 unspecified atom stereocenters. The molecular formula is C12H17N3O3. The van der Waals surface area contributed by atoms with Crippen LogP contribution in [-0.4, -0.2) is 47.2 Å². The SMILES string of the molecule is COC(=O)C1CCN(C(=O)c2c(C)n[nH]c2C)C1. The van der Waals surface area contributed by atoms with Gasteiger partial charge in [-0.15, -0.1) is 0 Å². The largest absolute Gasteiger partial charge is 0.469 e. The highest BCUT2D eigenvalue weighted by molar-refractivity contribution is 5.96. The van der Waals surface area contributed by atoms with Crippen LogP contribution in [0.2, 0.25) is 0 Å². The van der Waals surface area contributed by atoms with Gasteiger partial charge in [-0.2, -0.15) is 5.10 Å². The van der Waals surface area contributed by atoms with E-state index in [2.05, 4.69) is 10.2 Å². The van der Waals surface area contributed by atoms with E-state index < -0.39 is 0 Å². The zero-order chi connectivity index (χ0) is 13.3. The van der Waals surface area contributed by atoms with Crippen LogP contribution in [0.5, 0.6) is 0 Å². The summed E-state index contributed by atoms with van der Waals surface area (Å²) in [6.07, 6.45) is 0.661. The van der Waals surface area contributed by atoms with Gasteiger partial charge in [0.2, 0.25) is 0 Å². The Hall–Kier alpha value is -1.85. The first-order chi connectivity index (χ1) is 8.54. The van der Waals surface area contributed by atoms with Gasteiger partial charge in [-0.05, 0) is 20.3 Å². The molecule has 0 bridgehead atoms. The Bertz CT molecular complexity index is 461. The van der Waals surface area contributed by atoms with Crippen molar-refractivity contribution < 1.29 is 14.3 Å². The molecule has 1 N–H and O–H groups in total. The summed E-state index contributed by atoms with van der Waals surface area (Å²) in [7, 11) is 1.37. The third-order valence-electron chi connectivity index (χ3n) is 3.35. The van der Waals surface area contributed by atoms with Crippen LogP contribution in [-0.2, 0) is 9.53 Å². The number of rotatable bonds is 2. The molecule has 1 aliphatic rings. The first kappa shape index (κ1) is 12.6. The van der Waals surface area contributed by atoms with E-state index >= 15 is 0 Å². The third kappa shape index (κ3) is 2.10. The van der Waals surface area contributed by atoms with Crippen LogP contribution >= 0.6 is 0 Å². The normalized spacial score (nSPS) is 19.1. The molecule has 0 radical (unpaired) electrons. The van der Waals surface area contributed by atoms with Gasteiger partial charge in [0.1, 0.15) is 0 Å². The second-order valence-corrected chi connectivity index (χ2v) is 4.57. The molecule has 2 heterocycles. The zero-order valence-electron chi connectivity index (χ0n) is 10.8. The molecule has 6 nitrogen and oxygen atoms in total. The Morgan fingerprint density at radius 2 is 2.17 bits per heavy atom. The minimum Gasteiger partial charge on any atom is -0.469 e. The van der Waals surface area contributed by atoms with Crippen molar-refractivity contribution in [1.29, 1.82) is 0 Å². The zero-order valence-corrected chi connectivity index (χ0v) is 10.8. The summed E-state index contributed by atoms with van der Waals surface area (Å²) >= 11 is 0. The fraction of sp³-hybridized carbons (Fsp3) is 0.583. The molecule has 1 aromatic heterocycles. The lowest BCUT2D eigenvalue weighted by atomic mass is 10.1. The van der Waals surface area contributed by atoms with E-state index in [4.69, 9.17) is 4.74 Å². The number of esters is 1.